The second-order valence-corrected chi connectivity index (χ2v) is 7.51. The molecule has 0 aliphatic heterocycles. The largest absolute Gasteiger partial charge is 0.462 e. The van der Waals surface area contributed by atoms with Gasteiger partial charge in [0.05, 0.1) is 11.5 Å². The van der Waals surface area contributed by atoms with E-state index in [2.05, 4.69) is 13.8 Å². The predicted octanol–water partition coefficient (Wildman–Crippen LogP) is 2.58. The van der Waals surface area contributed by atoms with E-state index in [1.165, 1.54) is 6.92 Å². The summed E-state index contributed by atoms with van der Waals surface area (Å²) in [7, 11) is 0. The normalized spacial score (nSPS) is 42.7. The van der Waals surface area contributed by atoms with Gasteiger partial charge in [-0.1, -0.05) is 13.8 Å². The second-order valence-electron chi connectivity index (χ2n) is 7.51. The Labute approximate surface area is 127 Å². The number of Topliss-reactive ketones (excluding diaryl/α,β-unsaturated/α-hetero) is 1. The minimum Gasteiger partial charge on any atom is -0.462 e. The summed E-state index contributed by atoms with van der Waals surface area (Å²) >= 11 is 0. The lowest BCUT2D eigenvalue weighted by Crippen LogP contribution is -2.47. The van der Waals surface area contributed by atoms with Crippen LogP contribution in [0.2, 0.25) is 0 Å². The van der Waals surface area contributed by atoms with Gasteiger partial charge in [-0.25, -0.2) is 0 Å². The minimum atomic E-state index is -0.765. The molecule has 2 aliphatic carbocycles. The van der Waals surface area contributed by atoms with E-state index in [4.69, 9.17) is 4.74 Å². The van der Waals surface area contributed by atoms with Gasteiger partial charge in [-0.2, -0.15) is 0 Å². The number of carbonyl (C=O) groups excluding carboxylic acids is 2. The van der Waals surface area contributed by atoms with Gasteiger partial charge in [-0.3, -0.25) is 9.59 Å². The molecule has 0 unspecified atom stereocenters. The fourth-order valence-corrected chi connectivity index (χ4v) is 4.77. The Balaban J connectivity index is 2.37. The zero-order valence-corrected chi connectivity index (χ0v) is 13.8. The molecule has 6 atom stereocenters. The number of ketones is 1. The molecule has 120 valence electrons. The van der Waals surface area contributed by atoms with Crippen molar-refractivity contribution in [1.29, 1.82) is 0 Å². The van der Waals surface area contributed by atoms with Gasteiger partial charge < -0.3 is 9.84 Å². The fourth-order valence-electron chi connectivity index (χ4n) is 4.77. The highest BCUT2D eigenvalue weighted by atomic mass is 16.5. The molecule has 2 fully saturated rings. The Morgan fingerprint density at radius 1 is 1.29 bits per heavy atom. The highest BCUT2D eigenvalue weighted by molar-refractivity contribution is 5.80. The number of ether oxygens (including phenoxy) is 1. The van der Waals surface area contributed by atoms with Crippen molar-refractivity contribution in [3.63, 3.8) is 0 Å². The molecule has 0 radical (unpaired) electrons. The molecule has 2 saturated carbocycles. The molecule has 0 aromatic heterocycles. The molecule has 2 rings (SSSR count). The van der Waals surface area contributed by atoms with E-state index in [-0.39, 0.29) is 35.6 Å². The Morgan fingerprint density at radius 3 is 2.38 bits per heavy atom. The number of hydrogen-bond acceptors (Lipinski definition) is 4. The summed E-state index contributed by atoms with van der Waals surface area (Å²) in [6.45, 7) is 9.20. The Kier molecular flexibility index (Phi) is 4.48. The van der Waals surface area contributed by atoms with E-state index in [1.807, 2.05) is 6.92 Å². The Morgan fingerprint density at radius 2 is 1.90 bits per heavy atom. The Bertz CT molecular complexity index is 427. The van der Waals surface area contributed by atoms with Crippen molar-refractivity contribution < 1.29 is 19.4 Å². The van der Waals surface area contributed by atoms with E-state index in [0.717, 1.165) is 12.8 Å². The van der Waals surface area contributed by atoms with Gasteiger partial charge in [-0.05, 0) is 56.8 Å². The molecular formula is C17H28O4. The highest BCUT2D eigenvalue weighted by Crippen LogP contribution is 2.55. The van der Waals surface area contributed by atoms with E-state index in [1.54, 1.807) is 6.92 Å². The van der Waals surface area contributed by atoms with E-state index < -0.39 is 5.60 Å². The van der Waals surface area contributed by atoms with Gasteiger partial charge in [0, 0.05) is 6.92 Å². The van der Waals surface area contributed by atoms with Gasteiger partial charge in [-0.15, -0.1) is 0 Å². The summed E-state index contributed by atoms with van der Waals surface area (Å²) in [6, 6.07) is 0. The van der Waals surface area contributed by atoms with Crippen molar-refractivity contribution in [2.75, 3.05) is 0 Å². The first kappa shape index (κ1) is 16.5. The maximum Gasteiger partial charge on any atom is 0.302 e. The van der Waals surface area contributed by atoms with Gasteiger partial charge in [0.2, 0.25) is 0 Å². The molecule has 0 saturated heterocycles. The van der Waals surface area contributed by atoms with Crippen molar-refractivity contribution in [2.24, 2.45) is 29.6 Å². The highest BCUT2D eigenvalue weighted by Gasteiger charge is 2.58. The van der Waals surface area contributed by atoms with Crippen LogP contribution in [0.1, 0.15) is 53.9 Å². The monoisotopic (exact) mass is 296 g/mol. The third-order valence-electron chi connectivity index (χ3n) is 5.69. The van der Waals surface area contributed by atoms with Crippen molar-refractivity contribution in [3.8, 4) is 0 Å². The summed E-state index contributed by atoms with van der Waals surface area (Å²) in [6.07, 6.45) is 1.92. The molecule has 21 heavy (non-hydrogen) atoms. The number of aliphatic hydroxyl groups is 1. The SMILES string of the molecule is CC(=O)O[C@H]1C[C@@H]2[C@@H]([C@H]1C(C)=O)[C@H](C(C)C)CC[C@@]2(C)O. The van der Waals surface area contributed by atoms with Crippen LogP contribution in [0.25, 0.3) is 0 Å². The van der Waals surface area contributed by atoms with Crippen LogP contribution in [0.15, 0.2) is 0 Å². The number of fused-ring (bicyclic) bond motifs is 1. The van der Waals surface area contributed by atoms with Crippen LogP contribution in [0.4, 0.5) is 0 Å². The number of esters is 1. The molecule has 0 bridgehead atoms. The molecular weight excluding hydrogens is 268 g/mol. The zero-order chi connectivity index (χ0) is 15.9. The van der Waals surface area contributed by atoms with E-state index >= 15 is 0 Å². The molecule has 0 spiro atoms. The van der Waals surface area contributed by atoms with E-state index in [9.17, 15) is 14.7 Å². The maximum atomic E-state index is 12.2. The van der Waals surface area contributed by atoms with Crippen LogP contribution in [-0.4, -0.2) is 28.6 Å². The number of carbonyl (C=O) groups is 2. The van der Waals surface area contributed by atoms with Gasteiger partial charge in [0.1, 0.15) is 11.9 Å². The maximum absolute atomic E-state index is 12.2. The van der Waals surface area contributed by atoms with Crippen molar-refractivity contribution in [2.45, 2.75) is 65.6 Å². The van der Waals surface area contributed by atoms with Crippen molar-refractivity contribution >= 4 is 11.8 Å². The molecule has 1 N–H and O–H groups in total. The quantitative estimate of drug-likeness (QED) is 0.813. The van der Waals surface area contributed by atoms with Crippen LogP contribution in [0.5, 0.6) is 0 Å². The van der Waals surface area contributed by atoms with Gasteiger partial charge >= 0.3 is 5.97 Å². The summed E-state index contributed by atoms with van der Waals surface area (Å²) in [5.74, 6) is 0.504. The molecule has 0 amide bonds. The molecule has 2 aliphatic rings. The summed E-state index contributed by atoms with van der Waals surface area (Å²) in [5.41, 5.74) is -0.765. The van der Waals surface area contributed by atoms with Crippen molar-refractivity contribution in [3.05, 3.63) is 0 Å². The number of rotatable bonds is 3. The Hall–Kier alpha value is -0.900. The average molecular weight is 296 g/mol. The number of hydrogen-bond donors (Lipinski definition) is 1. The zero-order valence-electron chi connectivity index (χ0n) is 13.8. The smallest absolute Gasteiger partial charge is 0.302 e. The summed E-state index contributed by atoms with van der Waals surface area (Å²) in [4.78, 5) is 23.6. The topological polar surface area (TPSA) is 63.6 Å². The first-order valence-electron chi connectivity index (χ1n) is 8.05. The van der Waals surface area contributed by atoms with Gasteiger partial charge in [0.25, 0.3) is 0 Å². The van der Waals surface area contributed by atoms with Crippen LogP contribution in [0.3, 0.4) is 0 Å². The summed E-state index contributed by atoms with van der Waals surface area (Å²) in [5, 5.41) is 10.7. The van der Waals surface area contributed by atoms with Crippen LogP contribution in [-0.2, 0) is 14.3 Å². The third kappa shape index (κ3) is 3.01. The lowest BCUT2D eigenvalue weighted by molar-refractivity contribution is -0.150. The minimum absolute atomic E-state index is 0.0388. The molecule has 0 heterocycles. The molecule has 4 nitrogen and oxygen atoms in total. The first-order valence-corrected chi connectivity index (χ1v) is 8.05. The van der Waals surface area contributed by atoms with Gasteiger partial charge in [0.15, 0.2) is 0 Å². The van der Waals surface area contributed by atoms with Crippen molar-refractivity contribution in [1.82, 2.24) is 0 Å². The third-order valence-corrected chi connectivity index (χ3v) is 5.69. The lowest BCUT2D eigenvalue weighted by Gasteiger charge is -2.46. The van der Waals surface area contributed by atoms with Crippen LogP contribution >= 0.6 is 0 Å². The fraction of sp³-hybridized carbons (Fsp3) is 0.882. The van der Waals surface area contributed by atoms with Crippen LogP contribution in [0, 0.1) is 29.6 Å². The average Bonchev–Trinajstić information content (AvgIpc) is 2.67. The predicted molar refractivity (Wildman–Crippen MR) is 79.5 cm³/mol. The van der Waals surface area contributed by atoms with E-state index in [0.29, 0.717) is 18.3 Å². The standard InChI is InChI=1S/C17H28O4/c1-9(2)12-6-7-17(5,20)13-8-14(21-11(4)19)15(10(3)18)16(12)13/h9,12-16,20H,6-8H2,1-5H3/t12-,13+,14-,15-,16-,17+/m0/s1. The first-order chi connectivity index (χ1) is 9.65. The molecule has 0 aromatic carbocycles. The lowest BCUT2D eigenvalue weighted by atomic mass is 9.61. The molecule has 4 heteroatoms. The summed E-state index contributed by atoms with van der Waals surface area (Å²) < 4.78 is 5.43. The van der Waals surface area contributed by atoms with Crippen LogP contribution < -0.4 is 0 Å². The molecule has 0 aromatic rings. The second kappa shape index (κ2) is 5.71.